The largest absolute Gasteiger partial charge is 0.490 e. The van der Waals surface area contributed by atoms with Crippen molar-refractivity contribution >= 4 is 69.5 Å². The number of ether oxygens (including phenoxy) is 2. The fraction of sp³-hybridized carbons (Fsp3) is 0.286. The van der Waals surface area contributed by atoms with E-state index >= 15 is 0 Å². The van der Waals surface area contributed by atoms with Crippen LogP contribution in [0.1, 0.15) is 32.8 Å². The van der Waals surface area contributed by atoms with Gasteiger partial charge in [0.15, 0.2) is 11.5 Å². The van der Waals surface area contributed by atoms with Gasteiger partial charge in [0.1, 0.15) is 6.42 Å². The monoisotopic (exact) mass is 577 g/mol. The molecule has 2 aromatic rings. The topological polar surface area (TPSA) is 89.0 Å². The second kappa shape index (κ2) is 12.1. The van der Waals surface area contributed by atoms with Gasteiger partial charge in [-0.15, -0.1) is 0 Å². The maximum atomic E-state index is 12.0. The molecule has 0 radical (unpaired) electrons. The molecule has 0 aliphatic heterocycles. The number of halogens is 3. The molecule has 2 rings (SSSR count). The van der Waals surface area contributed by atoms with Crippen molar-refractivity contribution < 1.29 is 19.1 Å². The number of nitrogens with one attached hydrogen (secondary N) is 2. The van der Waals surface area contributed by atoms with Gasteiger partial charge in [0.05, 0.1) is 38.2 Å². The Balaban J connectivity index is 1.98. The molecular weight excluding hydrogens is 556 g/mol. The number of nitrogens with zero attached hydrogens (tertiary/aromatic N) is 1. The van der Waals surface area contributed by atoms with Crippen LogP contribution in [0.3, 0.4) is 0 Å². The first-order chi connectivity index (χ1) is 14.7. The van der Waals surface area contributed by atoms with Crippen molar-refractivity contribution in [2.75, 3.05) is 11.9 Å². The third-order valence-corrected chi connectivity index (χ3v) is 5.26. The molecule has 0 fully saturated rings. The second-order valence-corrected chi connectivity index (χ2v) is 8.50. The van der Waals surface area contributed by atoms with Gasteiger partial charge in [-0.2, -0.15) is 5.10 Å². The van der Waals surface area contributed by atoms with Gasteiger partial charge >= 0.3 is 0 Å². The summed E-state index contributed by atoms with van der Waals surface area (Å²) in [6, 6.07) is 8.45. The molecule has 0 saturated heterocycles. The van der Waals surface area contributed by atoms with E-state index in [1.165, 1.54) is 6.21 Å². The van der Waals surface area contributed by atoms with Crippen molar-refractivity contribution in [3.05, 3.63) is 49.5 Å². The zero-order valence-corrected chi connectivity index (χ0v) is 20.8. The number of carbonyl (C=O) groups is 2. The lowest BCUT2D eigenvalue weighted by Crippen LogP contribution is -2.24. The molecule has 0 spiro atoms. The van der Waals surface area contributed by atoms with Crippen molar-refractivity contribution in [3.63, 3.8) is 0 Å². The number of hydrazone groups is 1. The highest BCUT2D eigenvalue weighted by Gasteiger charge is 2.14. The van der Waals surface area contributed by atoms with Crippen LogP contribution in [0.25, 0.3) is 0 Å². The van der Waals surface area contributed by atoms with Crippen LogP contribution >= 0.6 is 45.8 Å². The summed E-state index contributed by atoms with van der Waals surface area (Å²) in [5.41, 5.74) is 3.37. The Hall–Kier alpha value is -2.04. The molecule has 0 atom stereocenters. The van der Waals surface area contributed by atoms with Crippen molar-refractivity contribution in [3.8, 4) is 11.5 Å². The van der Waals surface area contributed by atoms with E-state index in [0.717, 1.165) is 3.57 Å². The first-order valence-corrected chi connectivity index (χ1v) is 11.2. The summed E-state index contributed by atoms with van der Waals surface area (Å²) in [7, 11) is 0. The van der Waals surface area contributed by atoms with E-state index in [9.17, 15) is 9.59 Å². The van der Waals surface area contributed by atoms with E-state index < -0.39 is 18.2 Å². The average molecular weight is 578 g/mol. The number of rotatable bonds is 9. The number of hydrogen-bond donors (Lipinski definition) is 2. The lowest BCUT2D eigenvalue weighted by Gasteiger charge is -2.16. The number of anilines is 1. The summed E-state index contributed by atoms with van der Waals surface area (Å²) in [6.45, 7) is 6.24. The smallest absolute Gasteiger partial charge is 0.249 e. The Labute approximate surface area is 204 Å². The van der Waals surface area contributed by atoms with Crippen molar-refractivity contribution in [1.82, 2.24) is 5.43 Å². The molecule has 10 heteroatoms. The van der Waals surface area contributed by atoms with Gasteiger partial charge in [-0.3, -0.25) is 9.59 Å². The molecule has 0 aliphatic carbocycles. The number of benzene rings is 2. The summed E-state index contributed by atoms with van der Waals surface area (Å²) in [5, 5.41) is 6.97. The zero-order chi connectivity index (χ0) is 23.0. The Morgan fingerprint density at radius 1 is 1.23 bits per heavy atom. The second-order valence-electron chi connectivity index (χ2n) is 6.55. The molecule has 166 valence electrons. The van der Waals surface area contributed by atoms with Crippen LogP contribution in [-0.2, 0) is 9.59 Å². The fourth-order valence-electron chi connectivity index (χ4n) is 2.43. The van der Waals surface area contributed by atoms with Crippen molar-refractivity contribution in [1.29, 1.82) is 0 Å². The lowest BCUT2D eigenvalue weighted by atomic mass is 10.2. The Morgan fingerprint density at radius 3 is 2.65 bits per heavy atom. The quantitative estimate of drug-likeness (QED) is 0.184. The summed E-state index contributed by atoms with van der Waals surface area (Å²) < 4.78 is 12.3. The van der Waals surface area contributed by atoms with Gasteiger partial charge < -0.3 is 14.8 Å². The lowest BCUT2D eigenvalue weighted by molar-refractivity contribution is -0.126. The molecule has 0 heterocycles. The van der Waals surface area contributed by atoms with Crippen LogP contribution in [0.2, 0.25) is 10.0 Å². The first kappa shape index (κ1) is 25.2. The highest BCUT2D eigenvalue weighted by molar-refractivity contribution is 14.1. The Morgan fingerprint density at radius 2 is 1.97 bits per heavy atom. The minimum Gasteiger partial charge on any atom is -0.490 e. The summed E-state index contributed by atoms with van der Waals surface area (Å²) >= 11 is 14.1. The zero-order valence-electron chi connectivity index (χ0n) is 17.2. The highest BCUT2D eigenvalue weighted by Crippen LogP contribution is 2.34. The Kier molecular flexibility index (Phi) is 9.86. The standard InChI is InChI=1S/C21H22Cl2IN3O4/c1-4-30-17-9-13(8-15(24)21(17)31-12(2)3)11-25-27-19(29)10-18(28)26-16-7-5-6-14(22)20(16)23/h5-9,11-12H,4,10H2,1-3H3,(H,26,28)(H,27,29). The van der Waals surface area contributed by atoms with Crippen molar-refractivity contribution in [2.45, 2.75) is 33.3 Å². The maximum Gasteiger partial charge on any atom is 0.249 e. The third kappa shape index (κ3) is 7.86. The van der Waals surface area contributed by atoms with Gasteiger partial charge in [-0.05, 0) is 73.2 Å². The van der Waals surface area contributed by atoms with E-state index in [-0.39, 0.29) is 11.1 Å². The maximum absolute atomic E-state index is 12.0. The SMILES string of the molecule is CCOc1cc(C=NNC(=O)CC(=O)Nc2cccc(Cl)c2Cl)cc(I)c1OC(C)C. The van der Waals surface area contributed by atoms with Crippen LogP contribution < -0.4 is 20.2 Å². The van der Waals surface area contributed by atoms with E-state index in [1.807, 2.05) is 26.8 Å². The van der Waals surface area contributed by atoms with Crippen LogP contribution in [0.15, 0.2) is 35.4 Å². The van der Waals surface area contributed by atoms with Gasteiger partial charge in [0.2, 0.25) is 11.8 Å². The molecule has 0 unspecified atom stereocenters. The van der Waals surface area contributed by atoms with E-state index in [2.05, 4.69) is 38.4 Å². The number of hydrogen-bond acceptors (Lipinski definition) is 5. The molecular formula is C21H22Cl2IN3O4. The molecule has 0 bridgehead atoms. The average Bonchev–Trinajstić information content (AvgIpc) is 2.68. The van der Waals surface area contributed by atoms with Crippen molar-refractivity contribution in [2.24, 2.45) is 5.10 Å². The molecule has 0 aliphatic rings. The third-order valence-electron chi connectivity index (χ3n) is 3.63. The molecule has 0 saturated carbocycles. The van der Waals surface area contributed by atoms with E-state index in [0.29, 0.717) is 34.4 Å². The predicted octanol–water partition coefficient (Wildman–Crippen LogP) is 5.26. The molecule has 7 nitrogen and oxygen atoms in total. The van der Waals surface area contributed by atoms with Gasteiger partial charge in [-0.1, -0.05) is 29.3 Å². The molecule has 31 heavy (non-hydrogen) atoms. The molecule has 2 N–H and O–H groups in total. The summed E-state index contributed by atoms with van der Waals surface area (Å²) in [6.07, 6.45) is 1.04. The predicted molar refractivity (Wildman–Crippen MR) is 132 cm³/mol. The fourth-order valence-corrected chi connectivity index (χ4v) is 3.53. The summed E-state index contributed by atoms with van der Waals surface area (Å²) in [5.74, 6) is 0.135. The van der Waals surface area contributed by atoms with Crippen LogP contribution in [0, 0.1) is 3.57 Å². The Bertz CT molecular complexity index is 983. The van der Waals surface area contributed by atoms with Gasteiger partial charge in [-0.25, -0.2) is 5.43 Å². The minimum absolute atomic E-state index is 0.000494. The van der Waals surface area contributed by atoms with Crippen LogP contribution in [0.4, 0.5) is 5.69 Å². The normalized spacial score (nSPS) is 10.9. The minimum atomic E-state index is -0.577. The van der Waals surface area contributed by atoms with Crippen LogP contribution in [0.5, 0.6) is 11.5 Å². The molecule has 0 aromatic heterocycles. The van der Waals surface area contributed by atoms with E-state index in [4.69, 9.17) is 32.7 Å². The number of carbonyl (C=O) groups excluding carboxylic acids is 2. The molecule has 2 amide bonds. The number of amides is 2. The molecule has 2 aromatic carbocycles. The van der Waals surface area contributed by atoms with Crippen LogP contribution in [-0.4, -0.2) is 30.7 Å². The van der Waals surface area contributed by atoms with E-state index in [1.54, 1.807) is 24.3 Å². The first-order valence-electron chi connectivity index (χ1n) is 9.40. The summed E-state index contributed by atoms with van der Waals surface area (Å²) in [4.78, 5) is 24.1. The highest BCUT2D eigenvalue weighted by atomic mass is 127. The van der Waals surface area contributed by atoms with Gasteiger partial charge in [0, 0.05) is 0 Å². The van der Waals surface area contributed by atoms with Gasteiger partial charge in [0.25, 0.3) is 0 Å².